The van der Waals surface area contributed by atoms with Gasteiger partial charge in [0, 0.05) is 0 Å². The van der Waals surface area contributed by atoms with Crippen LogP contribution in [0.2, 0.25) is 10.0 Å². The van der Waals surface area contributed by atoms with Crippen molar-refractivity contribution in [3.63, 3.8) is 0 Å². The number of rotatable bonds is 2. The van der Waals surface area contributed by atoms with Gasteiger partial charge in [-0.05, 0) is 19.1 Å². The van der Waals surface area contributed by atoms with E-state index in [9.17, 15) is 0 Å². The highest BCUT2D eigenvalue weighted by Gasteiger charge is 2.01. The molecular formula is C10H9Cl2N. The first-order chi connectivity index (χ1) is 6.25. The number of hydrogen-bond acceptors (Lipinski definition) is 1. The fourth-order valence-electron chi connectivity index (χ4n) is 0.868. The van der Waals surface area contributed by atoms with E-state index < -0.39 is 0 Å². The molecule has 1 aromatic rings. The maximum absolute atomic E-state index is 5.93. The average Bonchev–Trinajstić information content (AvgIpc) is 2.13. The third-order valence-electron chi connectivity index (χ3n) is 1.50. The van der Waals surface area contributed by atoms with E-state index in [1.807, 2.05) is 12.1 Å². The predicted molar refractivity (Wildman–Crippen MR) is 58.4 cm³/mol. The van der Waals surface area contributed by atoms with Crippen LogP contribution in [-0.2, 0) is 0 Å². The number of nitrogens with one attached hydrogen (secondary N) is 1. The molecule has 0 atom stereocenters. The number of anilines is 1. The number of hydrogen-bond donors (Lipinski definition) is 1. The predicted octanol–water partition coefficient (Wildman–Crippen LogP) is 3.43. The summed E-state index contributed by atoms with van der Waals surface area (Å²) in [5.41, 5.74) is 0.817. The fourth-order valence-corrected chi connectivity index (χ4v) is 1.24. The molecule has 0 unspecified atom stereocenters. The van der Waals surface area contributed by atoms with Crippen LogP contribution in [0, 0.1) is 11.8 Å². The maximum atomic E-state index is 5.93. The van der Waals surface area contributed by atoms with Crippen molar-refractivity contribution in [1.29, 1.82) is 0 Å². The molecule has 1 rings (SSSR count). The summed E-state index contributed by atoms with van der Waals surface area (Å²) in [4.78, 5) is 0. The van der Waals surface area contributed by atoms with Crippen molar-refractivity contribution in [2.75, 3.05) is 11.9 Å². The highest BCUT2D eigenvalue weighted by Crippen LogP contribution is 2.29. The van der Waals surface area contributed by atoms with Gasteiger partial charge in [0.1, 0.15) is 0 Å². The van der Waals surface area contributed by atoms with Crippen LogP contribution in [-0.4, -0.2) is 6.54 Å². The topological polar surface area (TPSA) is 12.0 Å². The van der Waals surface area contributed by atoms with Gasteiger partial charge in [0.2, 0.25) is 0 Å². The molecule has 0 saturated carbocycles. The van der Waals surface area contributed by atoms with Gasteiger partial charge in [-0.25, -0.2) is 0 Å². The van der Waals surface area contributed by atoms with Crippen LogP contribution < -0.4 is 5.32 Å². The Kier molecular flexibility index (Phi) is 3.95. The molecule has 3 heteroatoms. The monoisotopic (exact) mass is 213 g/mol. The van der Waals surface area contributed by atoms with Gasteiger partial charge in [0.15, 0.2) is 0 Å². The van der Waals surface area contributed by atoms with Gasteiger partial charge in [0.05, 0.1) is 22.3 Å². The maximum Gasteiger partial charge on any atom is 0.0823 e. The van der Waals surface area contributed by atoms with Crippen molar-refractivity contribution in [3.05, 3.63) is 28.2 Å². The molecule has 0 amide bonds. The van der Waals surface area contributed by atoms with Gasteiger partial charge in [0.25, 0.3) is 0 Å². The molecule has 0 heterocycles. The Morgan fingerprint density at radius 2 is 2.15 bits per heavy atom. The van der Waals surface area contributed by atoms with E-state index >= 15 is 0 Å². The van der Waals surface area contributed by atoms with Crippen molar-refractivity contribution >= 4 is 28.9 Å². The van der Waals surface area contributed by atoms with Gasteiger partial charge >= 0.3 is 0 Å². The lowest BCUT2D eigenvalue weighted by atomic mass is 10.3. The lowest BCUT2D eigenvalue weighted by Gasteiger charge is -2.05. The van der Waals surface area contributed by atoms with Crippen molar-refractivity contribution < 1.29 is 0 Å². The zero-order valence-corrected chi connectivity index (χ0v) is 8.71. The lowest BCUT2D eigenvalue weighted by Crippen LogP contribution is -1.98. The molecule has 13 heavy (non-hydrogen) atoms. The lowest BCUT2D eigenvalue weighted by molar-refractivity contribution is 1.38. The zero-order chi connectivity index (χ0) is 9.68. The fraction of sp³-hybridized carbons (Fsp3) is 0.200. The second-order valence-corrected chi connectivity index (χ2v) is 3.17. The molecule has 0 aromatic heterocycles. The standard InChI is InChI=1S/C10H9Cl2N/c1-2-3-7-13-9-6-4-5-8(11)10(9)12/h4-6,13H,7H2,1H3. The second-order valence-electron chi connectivity index (χ2n) is 2.38. The summed E-state index contributed by atoms with van der Waals surface area (Å²) < 4.78 is 0. The minimum Gasteiger partial charge on any atom is -0.373 e. The van der Waals surface area contributed by atoms with Crippen LogP contribution in [0.4, 0.5) is 5.69 Å². The van der Waals surface area contributed by atoms with E-state index in [1.165, 1.54) is 0 Å². The molecule has 0 radical (unpaired) electrons. The van der Waals surface area contributed by atoms with Crippen LogP contribution in [0.1, 0.15) is 6.92 Å². The minimum atomic E-state index is 0.544. The molecule has 1 N–H and O–H groups in total. The zero-order valence-electron chi connectivity index (χ0n) is 7.20. The molecule has 0 aliphatic heterocycles. The summed E-state index contributed by atoms with van der Waals surface area (Å²) in [7, 11) is 0. The normalized spacial score (nSPS) is 8.85. The van der Waals surface area contributed by atoms with Gasteiger partial charge in [-0.1, -0.05) is 35.2 Å². The molecule has 0 saturated heterocycles. The van der Waals surface area contributed by atoms with E-state index in [-0.39, 0.29) is 0 Å². The van der Waals surface area contributed by atoms with Gasteiger partial charge in [-0.15, -0.1) is 5.92 Å². The molecule has 0 aliphatic carbocycles. The van der Waals surface area contributed by atoms with Crippen LogP contribution >= 0.6 is 23.2 Å². The van der Waals surface area contributed by atoms with Gasteiger partial charge in [-0.3, -0.25) is 0 Å². The van der Waals surface area contributed by atoms with Gasteiger partial charge < -0.3 is 5.32 Å². The Morgan fingerprint density at radius 1 is 1.38 bits per heavy atom. The third-order valence-corrected chi connectivity index (χ3v) is 2.31. The summed E-state index contributed by atoms with van der Waals surface area (Å²) in [5.74, 6) is 5.66. The molecule has 0 fully saturated rings. The first-order valence-electron chi connectivity index (χ1n) is 3.83. The van der Waals surface area contributed by atoms with E-state index in [4.69, 9.17) is 23.2 Å². The van der Waals surface area contributed by atoms with Crippen molar-refractivity contribution in [2.24, 2.45) is 0 Å². The van der Waals surface area contributed by atoms with Crippen LogP contribution in [0.3, 0.4) is 0 Å². The summed E-state index contributed by atoms with van der Waals surface area (Å²) in [6.07, 6.45) is 0. The van der Waals surface area contributed by atoms with E-state index in [0.717, 1.165) is 5.69 Å². The van der Waals surface area contributed by atoms with Crippen molar-refractivity contribution in [1.82, 2.24) is 0 Å². The average molecular weight is 214 g/mol. The van der Waals surface area contributed by atoms with Crippen LogP contribution in [0.5, 0.6) is 0 Å². The molecule has 0 bridgehead atoms. The Morgan fingerprint density at radius 3 is 2.85 bits per heavy atom. The number of benzene rings is 1. The van der Waals surface area contributed by atoms with Crippen molar-refractivity contribution in [3.8, 4) is 11.8 Å². The highest BCUT2D eigenvalue weighted by molar-refractivity contribution is 6.43. The second kappa shape index (κ2) is 5.01. The first-order valence-corrected chi connectivity index (χ1v) is 4.59. The molecule has 1 nitrogen and oxygen atoms in total. The summed E-state index contributed by atoms with van der Waals surface area (Å²) in [6, 6.07) is 5.46. The van der Waals surface area contributed by atoms with Gasteiger partial charge in [-0.2, -0.15) is 0 Å². The Hall–Kier alpha value is -0.840. The molecular weight excluding hydrogens is 205 g/mol. The minimum absolute atomic E-state index is 0.544. The van der Waals surface area contributed by atoms with Crippen LogP contribution in [0.25, 0.3) is 0 Å². The largest absolute Gasteiger partial charge is 0.373 e. The SMILES string of the molecule is CC#CCNc1cccc(Cl)c1Cl. The van der Waals surface area contributed by atoms with Crippen molar-refractivity contribution in [2.45, 2.75) is 6.92 Å². The Labute approximate surface area is 88.0 Å². The smallest absolute Gasteiger partial charge is 0.0823 e. The van der Waals surface area contributed by atoms with Crippen LogP contribution in [0.15, 0.2) is 18.2 Å². The molecule has 0 aliphatic rings. The summed E-state index contributed by atoms with van der Waals surface area (Å²) in [5, 5.41) is 4.16. The highest BCUT2D eigenvalue weighted by atomic mass is 35.5. The quantitative estimate of drug-likeness (QED) is 0.743. The number of halogens is 2. The van der Waals surface area contributed by atoms with E-state index in [2.05, 4.69) is 17.2 Å². The first kappa shape index (κ1) is 10.2. The van der Waals surface area contributed by atoms with E-state index in [0.29, 0.717) is 16.6 Å². The summed E-state index contributed by atoms with van der Waals surface area (Å²) >= 11 is 11.7. The molecule has 68 valence electrons. The molecule has 0 spiro atoms. The van der Waals surface area contributed by atoms with E-state index in [1.54, 1.807) is 13.0 Å². The Balaban J connectivity index is 2.75. The third kappa shape index (κ3) is 2.84. The molecule has 1 aromatic carbocycles. The summed E-state index contributed by atoms with van der Waals surface area (Å²) in [6.45, 7) is 2.37. The Bertz CT molecular complexity index is 350.